The second-order valence-corrected chi connectivity index (χ2v) is 8.17. The van der Waals surface area contributed by atoms with Crippen LogP contribution in [0.15, 0.2) is 30.3 Å². The Hall–Kier alpha value is -1.88. The van der Waals surface area contributed by atoms with Crippen LogP contribution in [0.4, 0.5) is 0 Å². The van der Waals surface area contributed by atoms with Crippen molar-refractivity contribution < 1.29 is 14.7 Å². The maximum Gasteiger partial charge on any atom is 0.308 e. The van der Waals surface area contributed by atoms with E-state index in [2.05, 4.69) is 29.2 Å². The number of rotatable bonds is 5. The molecule has 3 atom stereocenters. The number of piperidine rings is 1. The maximum absolute atomic E-state index is 12.8. The summed E-state index contributed by atoms with van der Waals surface area (Å²) in [5.41, 5.74) is 1.38. The van der Waals surface area contributed by atoms with E-state index in [0.29, 0.717) is 24.9 Å². The second kappa shape index (κ2) is 7.39. The Morgan fingerprint density at radius 2 is 1.77 bits per heavy atom. The second-order valence-electron chi connectivity index (χ2n) is 8.17. The highest BCUT2D eigenvalue weighted by atomic mass is 16.4. The fourth-order valence-electron chi connectivity index (χ4n) is 5.20. The van der Waals surface area contributed by atoms with Gasteiger partial charge < -0.3 is 10.0 Å². The number of amides is 1. The number of nitrogens with zero attached hydrogens (tertiary/aromatic N) is 2. The van der Waals surface area contributed by atoms with E-state index in [9.17, 15) is 14.7 Å². The van der Waals surface area contributed by atoms with Crippen molar-refractivity contribution in [2.24, 2.45) is 11.8 Å². The molecule has 3 heterocycles. The maximum atomic E-state index is 12.8. The molecule has 26 heavy (non-hydrogen) atoms. The Kier molecular flexibility index (Phi) is 4.98. The molecule has 0 saturated carbocycles. The summed E-state index contributed by atoms with van der Waals surface area (Å²) in [6.07, 6.45) is 5.90. The number of aliphatic carboxylic acids is 1. The van der Waals surface area contributed by atoms with E-state index < -0.39 is 5.97 Å². The van der Waals surface area contributed by atoms with Gasteiger partial charge in [0.15, 0.2) is 0 Å². The van der Waals surface area contributed by atoms with Gasteiger partial charge in [-0.3, -0.25) is 14.5 Å². The number of likely N-dealkylation sites (tertiary alicyclic amines) is 1. The zero-order valence-electron chi connectivity index (χ0n) is 15.2. The molecular formula is C21H28N2O3. The van der Waals surface area contributed by atoms with E-state index >= 15 is 0 Å². The fourth-order valence-corrected chi connectivity index (χ4v) is 5.20. The number of hydrogen-bond donors (Lipinski definition) is 1. The number of fused-ring (bicyclic) bond motifs is 2. The summed E-state index contributed by atoms with van der Waals surface area (Å²) in [6, 6.07) is 10.9. The molecule has 2 bridgehead atoms. The predicted octanol–water partition coefficient (Wildman–Crippen LogP) is 2.41. The lowest BCUT2D eigenvalue weighted by molar-refractivity contribution is -0.143. The highest BCUT2D eigenvalue weighted by Crippen LogP contribution is 2.41. The van der Waals surface area contributed by atoms with Crippen LogP contribution in [0, 0.1) is 11.8 Å². The summed E-state index contributed by atoms with van der Waals surface area (Å²) in [5.74, 6) is -0.138. The number of carboxylic acids is 1. The smallest absolute Gasteiger partial charge is 0.308 e. The third-order valence-electron chi connectivity index (χ3n) is 6.65. The molecule has 3 unspecified atom stereocenters. The molecule has 5 nitrogen and oxygen atoms in total. The third-order valence-corrected chi connectivity index (χ3v) is 6.65. The van der Waals surface area contributed by atoms with Gasteiger partial charge in [0.05, 0.1) is 12.5 Å². The summed E-state index contributed by atoms with van der Waals surface area (Å²) in [5, 5.41) is 9.36. The molecule has 3 aliphatic heterocycles. The Labute approximate surface area is 155 Å². The van der Waals surface area contributed by atoms with E-state index in [1.165, 1.54) is 5.56 Å². The first kappa shape index (κ1) is 17.5. The Morgan fingerprint density at radius 3 is 2.42 bits per heavy atom. The molecule has 1 N–H and O–H groups in total. The van der Waals surface area contributed by atoms with E-state index in [-0.39, 0.29) is 17.9 Å². The molecule has 3 aliphatic rings. The van der Waals surface area contributed by atoms with E-state index in [1.54, 1.807) is 0 Å². The molecule has 5 heteroatoms. The van der Waals surface area contributed by atoms with Gasteiger partial charge in [0.25, 0.3) is 0 Å². The van der Waals surface area contributed by atoms with Crippen molar-refractivity contribution in [2.45, 2.75) is 50.6 Å². The number of carboxylic acid groups (broad SMARTS) is 1. The molecule has 0 aromatic heterocycles. The first-order chi connectivity index (χ1) is 12.6. The normalized spacial score (nSPS) is 29.2. The van der Waals surface area contributed by atoms with Crippen molar-refractivity contribution in [2.75, 3.05) is 19.6 Å². The van der Waals surface area contributed by atoms with Crippen molar-refractivity contribution >= 4 is 11.9 Å². The molecular weight excluding hydrogens is 328 g/mol. The van der Waals surface area contributed by atoms with Gasteiger partial charge in [0, 0.05) is 25.2 Å². The van der Waals surface area contributed by atoms with Gasteiger partial charge in [0.1, 0.15) is 0 Å². The Balaban J connectivity index is 1.27. The van der Waals surface area contributed by atoms with Crippen LogP contribution < -0.4 is 0 Å². The predicted molar refractivity (Wildman–Crippen MR) is 98.7 cm³/mol. The van der Waals surface area contributed by atoms with Gasteiger partial charge in [-0.1, -0.05) is 30.3 Å². The van der Waals surface area contributed by atoms with Crippen LogP contribution in [0.3, 0.4) is 0 Å². The van der Waals surface area contributed by atoms with Crippen LogP contribution in [0.5, 0.6) is 0 Å². The van der Waals surface area contributed by atoms with E-state index in [4.69, 9.17) is 0 Å². The molecule has 1 aromatic carbocycles. The minimum absolute atomic E-state index is 0.0667. The minimum atomic E-state index is -0.698. The summed E-state index contributed by atoms with van der Waals surface area (Å²) in [6.45, 7) is 2.08. The summed E-state index contributed by atoms with van der Waals surface area (Å²) in [4.78, 5) is 28.3. The molecule has 3 fully saturated rings. The first-order valence-corrected chi connectivity index (χ1v) is 9.92. The lowest BCUT2D eigenvalue weighted by Crippen LogP contribution is -2.46. The molecule has 1 amide bonds. The lowest BCUT2D eigenvalue weighted by Gasteiger charge is -2.34. The van der Waals surface area contributed by atoms with Crippen molar-refractivity contribution in [1.29, 1.82) is 0 Å². The van der Waals surface area contributed by atoms with Gasteiger partial charge >= 0.3 is 5.97 Å². The first-order valence-electron chi connectivity index (χ1n) is 9.92. The summed E-state index contributed by atoms with van der Waals surface area (Å²) < 4.78 is 0. The van der Waals surface area contributed by atoms with Crippen molar-refractivity contribution in [1.82, 2.24) is 9.80 Å². The molecule has 4 rings (SSSR count). The van der Waals surface area contributed by atoms with E-state index in [1.807, 2.05) is 11.0 Å². The monoisotopic (exact) mass is 356 g/mol. The summed E-state index contributed by atoms with van der Waals surface area (Å²) >= 11 is 0. The molecule has 0 aliphatic carbocycles. The zero-order valence-corrected chi connectivity index (χ0v) is 15.2. The largest absolute Gasteiger partial charge is 0.481 e. The number of benzene rings is 1. The van der Waals surface area contributed by atoms with Crippen molar-refractivity contribution in [3.8, 4) is 0 Å². The van der Waals surface area contributed by atoms with E-state index in [0.717, 1.165) is 45.2 Å². The fraction of sp³-hybridized carbons (Fsp3) is 0.619. The van der Waals surface area contributed by atoms with Crippen LogP contribution in [0.2, 0.25) is 0 Å². The molecule has 1 aromatic rings. The number of carbonyl (C=O) groups excluding carboxylic acids is 1. The van der Waals surface area contributed by atoms with Gasteiger partial charge in [0.2, 0.25) is 5.91 Å². The van der Waals surface area contributed by atoms with Crippen LogP contribution in [0.1, 0.15) is 37.7 Å². The highest BCUT2D eigenvalue weighted by molar-refractivity contribution is 5.79. The standard InChI is InChI=1S/C21H28N2O3/c24-20(14-23-17-6-7-19(23)18(13-17)21(25)26)22-10-8-16(9-11-22)12-15-4-2-1-3-5-15/h1-5,16-19H,6-14H2,(H,25,26). The van der Waals surface area contributed by atoms with Gasteiger partial charge in [-0.2, -0.15) is 0 Å². The average molecular weight is 356 g/mol. The van der Waals surface area contributed by atoms with Crippen molar-refractivity contribution in [3.63, 3.8) is 0 Å². The average Bonchev–Trinajstić information content (AvgIpc) is 3.20. The zero-order chi connectivity index (χ0) is 18.1. The highest BCUT2D eigenvalue weighted by Gasteiger charge is 2.49. The Morgan fingerprint density at radius 1 is 1.04 bits per heavy atom. The quantitative estimate of drug-likeness (QED) is 0.880. The summed E-state index contributed by atoms with van der Waals surface area (Å²) in [7, 11) is 0. The van der Waals surface area contributed by atoms with Gasteiger partial charge in [-0.05, 0) is 50.0 Å². The molecule has 3 saturated heterocycles. The Bertz CT molecular complexity index is 654. The topological polar surface area (TPSA) is 60.9 Å². The van der Waals surface area contributed by atoms with Crippen LogP contribution >= 0.6 is 0 Å². The van der Waals surface area contributed by atoms with Crippen LogP contribution in [-0.2, 0) is 16.0 Å². The van der Waals surface area contributed by atoms with Gasteiger partial charge in [-0.15, -0.1) is 0 Å². The van der Waals surface area contributed by atoms with Gasteiger partial charge in [-0.25, -0.2) is 0 Å². The number of carbonyl (C=O) groups is 2. The lowest BCUT2D eigenvalue weighted by atomic mass is 9.89. The van der Waals surface area contributed by atoms with Crippen molar-refractivity contribution in [3.05, 3.63) is 35.9 Å². The van der Waals surface area contributed by atoms with Crippen LogP contribution in [-0.4, -0.2) is 58.5 Å². The minimum Gasteiger partial charge on any atom is -0.481 e. The molecule has 0 radical (unpaired) electrons. The number of hydrogen-bond acceptors (Lipinski definition) is 3. The SMILES string of the molecule is O=C(O)C1CC2CCC1N2CC(=O)N1CCC(Cc2ccccc2)CC1. The molecule has 140 valence electrons. The molecule has 0 spiro atoms. The van der Waals surface area contributed by atoms with Crippen LogP contribution in [0.25, 0.3) is 0 Å². The third kappa shape index (κ3) is 3.50.